The van der Waals surface area contributed by atoms with Gasteiger partial charge in [0.2, 0.25) is 0 Å². The van der Waals surface area contributed by atoms with Crippen molar-refractivity contribution in [1.82, 2.24) is 0 Å². The Labute approximate surface area is 162 Å². The minimum Gasteiger partial charge on any atom is -0.507 e. The number of carbonyl (C=O) groups excluding carboxylic acids is 2. The Morgan fingerprint density at radius 3 is 2.25 bits per heavy atom. The number of rotatable bonds is 3. The largest absolute Gasteiger partial charge is 1.00 e. The van der Waals surface area contributed by atoms with E-state index in [1.54, 1.807) is 30.3 Å². The summed E-state index contributed by atoms with van der Waals surface area (Å²) in [5, 5.41) is 9.39. The fourth-order valence-electron chi connectivity index (χ4n) is 1.59. The zero-order valence-corrected chi connectivity index (χ0v) is 15.0. The first-order chi connectivity index (χ1) is 8.24. The van der Waals surface area contributed by atoms with Crippen LogP contribution in [0, 0.1) is 14.9 Å². The van der Waals surface area contributed by atoms with Crippen molar-refractivity contribution >= 4 is 12.6 Å². The van der Waals surface area contributed by atoms with Gasteiger partial charge in [-0.05, 0) is 17.7 Å². The van der Waals surface area contributed by atoms with Crippen LogP contribution in [0.15, 0.2) is 42.5 Å². The van der Waals surface area contributed by atoms with Crippen LogP contribution in [0.3, 0.4) is 0 Å². The maximum absolute atomic E-state index is 10.7. The van der Waals surface area contributed by atoms with Crippen LogP contribution in [-0.4, -0.2) is 17.7 Å². The molecule has 0 saturated heterocycles. The Bertz CT molecular complexity index is 580. The molecule has 2 aromatic carbocycles. The first-order valence-electron chi connectivity index (χ1n) is 5.01. The van der Waals surface area contributed by atoms with Gasteiger partial charge in [0.05, 0.1) is 11.8 Å². The van der Waals surface area contributed by atoms with Crippen LogP contribution in [0.5, 0.6) is 5.75 Å². The van der Waals surface area contributed by atoms with Gasteiger partial charge >= 0.3 is 51.4 Å². The molecule has 2 aromatic rings. The summed E-state index contributed by atoms with van der Waals surface area (Å²) in [6.07, 6.45) is 2.40. The summed E-state index contributed by atoms with van der Waals surface area (Å²) in [6.45, 7) is 0. The van der Waals surface area contributed by atoms with Crippen LogP contribution < -0.4 is 51.4 Å². The van der Waals surface area contributed by atoms with Gasteiger partial charge in [-0.2, -0.15) is 17.7 Å². The maximum atomic E-state index is 10.7. The van der Waals surface area contributed by atoms with E-state index in [1.807, 2.05) is 12.4 Å². The van der Waals surface area contributed by atoms with Crippen molar-refractivity contribution < 1.29 is 66.1 Å². The van der Waals surface area contributed by atoms with Crippen molar-refractivity contribution in [2.45, 2.75) is 0 Å². The molecule has 0 atom stereocenters. The van der Waals surface area contributed by atoms with Crippen LogP contribution in [0.1, 0.15) is 15.9 Å². The van der Waals surface area contributed by atoms with Crippen molar-refractivity contribution in [3.8, 4) is 16.9 Å². The minimum absolute atomic E-state index is 0. The van der Waals surface area contributed by atoms with E-state index in [4.69, 9.17) is 0 Å². The van der Waals surface area contributed by atoms with E-state index >= 15 is 0 Å². The maximum Gasteiger partial charge on any atom is 1.00 e. The Hall–Kier alpha value is -0.784. The normalized spacial score (nSPS) is 8.40. The Kier molecular flexibility index (Phi) is 10.8. The molecule has 0 radical (unpaired) electrons. The predicted octanol–water partition coefficient (Wildman–Crippen LogP) is 0.234. The number of hydrogen-bond donors (Lipinski definition) is 1. The molecule has 2 rings (SSSR count). The zero-order chi connectivity index (χ0) is 12.3. The Morgan fingerprint density at radius 1 is 1.00 bits per heavy atom. The molecular weight excluding hydrogens is 279 g/mol. The number of phenols is 1. The SMILES string of the molecule is O=[C-]c1cccc(-c2ccc(O)c(C=O)c2)c1.[CH3-].[CH3-].[K+]. The number of aldehydes is 1. The monoisotopic (exact) mass is 294 g/mol. The summed E-state index contributed by atoms with van der Waals surface area (Å²) in [5.41, 5.74) is 2.24. The van der Waals surface area contributed by atoms with E-state index < -0.39 is 0 Å². The summed E-state index contributed by atoms with van der Waals surface area (Å²) in [5.74, 6) is -0.0538. The van der Waals surface area contributed by atoms with Gasteiger partial charge in [0.25, 0.3) is 0 Å². The third-order valence-electron chi connectivity index (χ3n) is 2.47. The summed E-state index contributed by atoms with van der Waals surface area (Å²) < 4.78 is 0. The van der Waals surface area contributed by atoms with Crippen molar-refractivity contribution in [1.29, 1.82) is 0 Å². The molecule has 0 aromatic heterocycles. The van der Waals surface area contributed by atoms with E-state index in [0.29, 0.717) is 11.8 Å². The van der Waals surface area contributed by atoms with Gasteiger partial charge in [0.1, 0.15) is 5.75 Å². The van der Waals surface area contributed by atoms with Gasteiger partial charge in [-0.25, -0.2) is 0 Å². The summed E-state index contributed by atoms with van der Waals surface area (Å²) in [4.78, 5) is 21.3. The van der Waals surface area contributed by atoms with E-state index in [0.717, 1.165) is 11.1 Å². The topological polar surface area (TPSA) is 54.4 Å². The predicted molar refractivity (Wildman–Crippen MR) is 76.6 cm³/mol. The molecule has 100 valence electrons. The molecule has 4 heteroatoms. The third kappa shape index (κ3) is 4.96. The van der Waals surface area contributed by atoms with Gasteiger partial charge in [-0.3, -0.25) is 4.79 Å². The molecule has 0 amide bonds. The van der Waals surface area contributed by atoms with Crippen molar-refractivity contribution in [2.75, 3.05) is 0 Å². The van der Waals surface area contributed by atoms with Crippen molar-refractivity contribution in [2.24, 2.45) is 0 Å². The van der Waals surface area contributed by atoms with Gasteiger partial charge < -0.3 is 24.8 Å². The first kappa shape index (κ1) is 21.5. The number of phenolic OH excluding ortho intramolecular Hbond substituents is 1. The van der Waals surface area contributed by atoms with Crippen LogP contribution in [0.25, 0.3) is 11.1 Å². The van der Waals surface area contributed by atoms with E-state index in [-0.39, 0.29) is 77.6 Å². The number of benzene rings is 2. The average molecular weight is 294 g/mol. The second kappa shape index (κ2) is 10.0. The van der Waals surface area contributed by atoms with Gasteiger partial charge in [-0.1, -0.05) is 17.7 Å². The molecule has 0 bridgehead atoms. The summed E-state index contributed by atoms with van der Waals surface area (Å²) >= 11 is 0. The number of hydrogen-bond acceptors (Lipinski definition) is 3. The van der Waals surface area contributed by atoms with Crippen LogP contribution >= 0.6 is 0 Å². The molecule has 1 N–H and O–H groups in total. The molecule has 0 heterocycles. The van der Waals surface area contributed by atoms with Gasteiger partial charge in [-0.15, -0.1) is 6.07 Å². The molecule has 0 aliphatic carbocycles. The zero-order valence-electron chi connectivity index (χ0n) is 11.9. The first-order valence-corrected chi connectivity index (χ1v) is 5.01. The van der Waals surface area contributed by atoms with Gasteiger partial charge in [0, 0.05) is 0 Å². The van der Waals surface area contributed by atoms with Crippen LogP contribution in [0.2, 0.25) is 0 Å². The van der Waals surface area contributed by atoms with E-state index in [9.17, 15) is 14.7 Å². The molecule has 0 saturated carbocycles. The second-order valence-corrected chi connectivity index (χ2v) is 3.57. The minimum atomic E-state index is -0.0538. The Morgan fingerprint density at radius 2 is 1.65 bits per heavy atom. The van der Waals surface area contributed by atoms with Gasteiger partial charge in [0.15, 0.2) is 6.29 Å². The smallest absolute Gasteiger partial charge is 0.507 e. The third-order valence-corrected chi connectivity index (χ3v) is 2.47. The molecule has 0 fully saturated rings. The Balaban J connectivity index is 0. The average Bonchev–Trinajstić information content (AvgIpc) is 2.39. The standard InChI is InChI=1S/C14H9O3.2CH3.K/c15-8-10-2-1-3-11(6-10)12-4-5-14(17)13(7-12)9-16;;;/h1-7,9,17H;2*1H3;/q3*-1;+1. The van der Waals surface area contributed by atoms with Crippen LogP contribution in [0.4, 0.5) is 0 Å². The summed E-state index contributed by atoms with van der Waals surface area (Å²) in [6, 6.07) is 11.6. The fourth-order valence-corrected chi connectivity index (χ4v) is 1.59. The van der Waals surface area contributed by atoms with Crippen LogP contribution in [-0.2, 0) is 4.79 Å². The quantitative estimate of drug-likeness (QED) is 0.501. The van der Waals surface area contributed by atoms with Crippen molar-refractivity contribution in [3.63, 3.8) is 0 Å². The summed E-state index contributed by atoms with van der Waals surface area (Å²) in [7, 11) is 0. The molecule has 0 unspecified atom stereocenters. The second-order valence-electron chi connectivity index (χ2n) is 3.57. The number of aromatic hydroxyl groups is 1. The molecule has 0 spiro atoms. The van der Waals surface area contributed by atoms with E-state index in [1.165, 1.54) is 6.07 Å². The molecule has 3 nitrogen and oxygen atoms in total. The molecule has 20 heavy (non-hydrogen) atoms. The number of carbonyl (C=O) groups is 1. The molecule has 0 aliphatic heterocycles. The van der Waals surface area contributed by atoms with E-state index in [2.05, 4.69) is 0 Å². The fraction of sp³-hybridized carbons (Fsp3) is 0. The van der Waals surface area contributed by atoms with Crippen molar-refractivity contribution in [3.05, 3.63) is 68.4 Å². The molecular formula is C16H15KO3-2. The molecule has 0 aliphatic rings.